The van der Waals surface area contributed by atoms with Gasteiger partial charge >= 0.3 is 5.97 Å². The fraction of sp³-hybridized carbons (Fsp3) is 0.857. The van der Waals surface area contributed by atoms with Crippen LogP contribution in [0.4, 0.5) is 0 Å². The Balaban J connectivity index is 2.06. The highest BCUT2D eigenvalue weighted by molar-refractivity contribution is 9.10. The van der Waals surface area contributed by atoms with Gasteiger partial charge in [-0.1, -0.05) is 15.9 Å². The van der Waals surface area contributed by atoms with Gasteiger partial charge in [-0.3, -0.25) is 4.79 Å². The van der Waals surface area contributed by atoms with Crippen LogP contribution in [-0.4, -0.2) is 60.2 Å². The van der Waals surface area contributed by atoms with E-state index in [0.717, 1.165) is 0 Å². The topological polar surface area (TPSA) is 80.3 Å². The van der Waals surface area contributed by atoms with Crippen LogP contribution in [-0.2, 0) is 33.3 Å². The zero-order chi connectivity index (χ0) is 16.7. The lowest BCUT2D eigenvalue weighted by atomic mass is 10.1. The lowest BCUT2D eigenvalue weighted by molar-refractivity contribution is -0.216. The molecule has 0 aliphatic carbocycles. The molecular formula is C14H21BrO7. The molecule has 2 rings (SSSR count). The van der Waals surface area contributed by atoms with E-state index in [2.05, 4.69) is 15.9 Å². The number of hydrogen-bond acceptors (Lipinski definition) is 7. The van der Waals surface area contributed by atoms with Crippen molar-refractivity contribution in [2.24, 2.45) is 0 Å². The molecule has 126 valence electrons. The van der Waals surface area contributed by atoms with E-state index < -0.39 is 47.0 Å². The van der Waals surface area contributed by atoms with Crippen molar-refractivity contribution in [2.75, 3.05) is 7.11 Å². The van der Waals surface area contributed by atoms with Crippen LogP contribution in [0.15, 0.2) is 0 Å². The van der Waals surface area contributed by atoms with Crippen molar-refractivity contribution in [1.29, 1.82) is 0 Å². The number of alkyl halides is 1. The lowest BCUT2D eigenvalue weighted by Gasteiger charge is -2.26. The number of methoxy groups -OCH3 is 1. The normalized spacial score (nSPS) is 34.5. The van der Waals surface area contributed by atoms with E-state index in [1.165, 1.54) is 7.11 Å². The molecule has 2 saturated heterocycles. The molecule has 0 aromatic carbocycles. The number of ether oxygens (including phenoxy) is 5. The number of hydrogen-bond donors (Lipinski definition) is 0. The Hall–Kier alpha value is -0.540. The third-order valence-corrected chi connectivity index (χ3v) is 4.32. The van der Waals surface area contributed by atoms with Crippen molar-refractivity contribution < 1.29 is 33.3 Å². The van der Waals surface area contributed by atoms with Crippen LogP contribution in [0.3, 0.4) is 0 Å². The van der Waals surface area contributed by atoms with Gasteiger partial charge in [0.05, 0.1) is 6.10 Å². The summed E-state index contributed by atoms with van der Waals surface area (Å²) in [4.78, 5) is 23.0. The van der Waals surface area contributed by atoms with Crippen LogP contribution in [0.25, 0.3) is 0 Å². The second-order valence-electron chi connectivity index (χ2n) is 5.99. The van der Waals surface area contributed by atoms with Gasteiger partial charge in [-0.25, -0.2) is 4.79 Å². The summed E-state index contributed by atoms with van der Waals surface area (Å²) < 4.78 is 27.4. The number of carbonyl (C=O) groups excluding carboxylic acids is 2. The predicted molar refractivity (Wildman–Crippen MR) is 78.4 cm³/mol. The minimum Gasteiger partial charge on any atom is -0.457 e. The summed E-state index contributed by atoms with van der Waals surface area (Å²) in [5.41, 5.74) is 0. The van der Waals surface area contributed by atoms with E-state index in [0.29, 0.717) is 0 Å². The summed E-state index contributed by atoms with van der Waals surface area (Å²) in [7, 11) is 1.49. The third kappa shape index (κ3) is 3.51. The van der Waals surface area contributed by atoms with Crippen LogP contribution < -0.4 is 0 Å². The van der Waals surface area contributed by atoms with Crippen molar-refractivity contribution in [3.63, 3.8) is 0 Å². The molecule has 1 unspecified atom stereocenters. The Morgan fingerprint density at radius 1 is 1.23 bits per heavy atom. The average Bonchev–Trinajstić information content (AvgIpc) is 2.87. The summed E-state index contributed by atoms with van der Waals surface area (Å²) in [6, 6.07) is 0. The number of halogens is 1. The van der Waals surface area contributed by atoms with Crippen molar-refractivity contribution in [1.82, 2.24) is 0 Å². The zero-order valence-corrected chi connectivity index (χ0v) is 14.8. The first-order valence-corrected chi connectivity index (χ1v) is 8.00. The molecule has 0 amide bonds. The maximum absolute atomic E-state index is 12.1. The van der Waals surface area contributed by atoms with Gasteiger partial charge in [0, 0.05) is 7.11 Å². The maximum atomic E-state index is 12.1. The molecule has 0 aromatic heterocycles. The molecule has 0 aromatic rings. The molecule has 0 radical (unpaired) electrons. The predicted octanol–water partition coefficient (Wildman–Crippen LogP) is 1.16. The fourth-order valence-electron chi connectivity index (χ4n) is 2.54. The highest BCUT2D eigenvalue weighted by Gasteiger charge is 2.58. The van der Waals surface area contributed by atoms with E-state index >= 15 is 0 Å². The third-order valence-electron chi connectivity index (χ3n) is 3.38. The van der Waals surface area contributed by atoms with Gasteiger partial charge in [0.15, 0.2) is 12.1 Å². The van der Waals surface area contributed by atoms with Gasteiger partial charge in [0.2, 0.25) is 0 Å². The van der Waals surface area contributed by atoms with Gasteiger partial charge in [0.1, 0.15) is 23.1 Å². The Bertz CT molecular complexity index is 450. The monoisotopic (exact) mass is 380 g/mol. The van der Waals surface area contributed by atoms with Crippen LogP contribution >= 0.6 is 15.9 Å². The molecule has 2 aliphatic heterocycles. The van der Waals surface area contributed by atoms with Gasteiger partial charge in [-0.15, -0.1) is 0 Å². The van der Waals surface area contributed by atoms with Crippen LogP contribution in [0.5, 0.6) is 0 Å². The Morgan fingerprint density at radius 2 is 1.86 bits per heavy atom. The lowest BCUT2D eigenvalue weighted by Crippen LogP contribution is -2.45. The van der Waals surface area contributed by atoms with Crippen molar-refractivity contribution >= 4 is 27.7 Å². The molecule has 0 N–H and O–H groups in total. The second-order valence-corrected chi connectivity index (χ2v) is 6.98. The first kappa shape index (κ1) is 17.8. The van der Waals surface area contributed by atoms with Crippen LogP contribution in [0.1, 0.15) is 27.7 Å². The number of esters is 1. The van der Waals surface area contributed by atoms with Crippen LogP contribution in [0, 0.1) is 0 Å². The SMILES string of the molecule is CO[C@@H]1[C@H]2OC(C)(C)O[C@H]2O[C@@H]1C(Br)C(=O)C(=O)OC(C)C. The summed E-state index contributed by atoms with van der Waals surface area (Å²) in [6.07, 6.45) is -2.71. The maximum Gasteiger partial charge on any atom is 0.376 e. The molecule has 2 fully saturated rings. The first-order chi connectivity index (χ1) is 10.2. The van der Waals surface area contributed by atoms with Crippen molar-refractivity contribution in [3.05, 3.63) is 0 Å². The molecule has 0 bridgehead atoms. The molecule has 7 nitrogen and oxygen atoms in total. The molecule has 8 heteroatoms. The minimum absolute atomic E-state index is 0.370. The molecule has 2 aliphatic rings. The van der Waals surface area contributed by atoms with E-state index in [9.17, 15) is 9.59 Å². The standard InChI is InChI=1S/C14H21BrO7/c1-6(2)19-12(17)8(16)7(15)9-10(18-5)11-13(20-9)22-14(3,4)21-11/h6-7,9-11,13H,1-5H3/t7?,9-,10+,11-,13-/m1/s1. The quantitative estimate of drug-likeness (QED) is 0.402. The van der Waals surface area contributed by atoms with Gasteiger partial charge in [-0.05, 0) is 27.7 Å². The number of rotatable bonds is 5. The molecule has 0 spiro atoms. The first-order valence-electron chi connectivity index (χ1n) is 7.09. The van der Waals surface area contributed by atoms with Gasteiger partial charge < -0.3 is 23.7 Å². The largest absolute Gasteiger partial charge is 0.457 e. The molecule has 2 heterocycles. The summed E-state index contributed by atoms with van der Waals surface area (Å²) in [5.74, 6) is -2.41. The van der Waals surface area contributed by atoms with Crippen molar-refractivity contribution in [3.8, 4) is 0 Å². The summed E-state index contributed by atoms with van der Waals surface area (Å²) in [6.45, 7) is 6.89. The minimum atomic E-state index is -0.908. The Labute approximate surface area is 137 Å². The highest BCUT2D eigenvalue weighted by Crippen LogP contribution is 2.40. The Kier molecular flexibility index (Phi) is 5.28. The van der Waals surface area contributed by atoms with Crippen molar-refractivity contribution in [2.45, 2.75) is 69.0 Å². The second kappa shape index (κ2) is 6.52. The number of fused-ring (bicyclic) bond motifs is 1. The number of Topliss-reactive ketones (excluding diaryl/α,β-unsaturated/α-hetero) is 1. The number of ketones is 1. The summed E-state index contributed by atoms with van der Waals surface area (Å²) in [5, 5.41) is 0. The average molecular weight is 381 g/mol. The highest BCUT2D eigenvalue weighted by atomic mass is 79.9. The van der Waals surface area contributed by atoms with Crippen LogP contribution in [0.2, 0.25) is 0 Å². The Morgan fingerprint density at radius 3 is 2.41 bits per heavy atom. The molecule has 22 heavy (non-hydrogen) atoms. The summed E-state index contributed by atoms with van der Waals surface area (Å²) >= 11 is 3.21. The van der Waals surface area contributed by atoms with E-state index in [1.54, 1.807) is 27.7 Å². The molecule has 0 saturated carbocycles. The fourth-order valence-corrected chi connectivity index (χ4v) is 3.15. The molecular weight excluding hydrogens is 360 g/mol. The van der Waals surface area contributed by atoms with Gasteiger partial charge in [0.25, 0.3) is 5.78 Å². The van der Waals surface area contributed by atoms with E-state index in [4.69, 9.17) is 23.7 Å². The molecule has 5 atom stereocenters. The smallest absolute Gasteiger partial charge is 0.376 e. The van der Waals surface area contributed by atoms with E-state index in [1.807, 2.05) is 0 Å². The van der Waals surface area contributed by atoms with E-state index in [-0.39, 0.29) is 6.10 Å². The van der Waals surface area contributed by atoms with Gasteiger partial charge in [-0.2, -0.15) is 0 Å². The zero-order valence-electron chi connectivity index (χ0n) is 13.2. The number of carbonyl (C=O) groups is 2.